The SMILES string of the molecule is O=S(=O)(c1ccc(Cl)cc1)N1CCCC1C1CCC1. The van der Waals surface area contributed by atoms with E-state index in [1.54, 1.807) is 28.6 Å². The second-order valence-electron chi connectivity index (χ2n) is 5.47. The Morgan fingerprint density at radius 3 is 2.32 bits per heavy atom. The summed E-state index contributed by atoms with van der Waals surface area (Å²) in [6.45, 7) is 0.659. The van der Waals surface area contributed by atoms with Gasteiger partial charge in [-0.05, 0) is 55.9 Å². The van der Waals surface area contributed by atoms with E-state index in [2.05, 4.69) is 0 Å². The van der Waals surface area contributed by atoms with E-state index in [1.807, 2.05) is 0 Å². The molecule has 5 heteroatoms. The Morgan fingerprint density at radius 2 is 1.74 bits per heavy atom. The number of nitrogens with zero attached hydrogens (tertiary/aromatic N) is 1. The molecule has 104 valence electrons. The van der Waals surface area contributed by atoms with Gasteiger partial charge in [-0.25, -0.2) is 8.42 Å². The Hall–Kier alpha value is -0.580. The van der Waals surface area contributed by atoms with Crippen molar-refractivity contribution in [1.29, 1.82) is 0 Å². The molecule has 1 saturated heterocycles. The molecule has 0 N–H and O–H groups in total. The summed E-state index contributed by atoms with van der Waals surface area (Å²) < 4.78 is 27.1. The molecule has 2 aliphatic rings. The monoisotopic (exact) mass is 299 g/mol. The molecule has 3 nitrogen and oxygen atoms in total. The van der Waals surface area contributed by atoms with Gasteiger partial charge in [-0.15, -0.1) is 0 Å². The minimum absolute atomic E-state index is 0.217. The zero-order valence-corrected chi connectivity index (χ0v) is 12.3. The number of hydrogen-bond acceptors (Lipinski definition) is 2. The van der Waals surface area contributed by atoms with Gasteiger partial charge in [0.15, 0.2) is 0 Å². The lowest BCUT2D eigenvalue weighted by atomic mass is 9.79. The number of sulfonamides is 1. The average Bonchev–Trinajstić information content (AvgIpc) is 2.77. The van der Waals surface area contributed by atoms with Gasteiger partial charge in [0.25, 0.3) is 0 Å². The van der Waals surface area contributed by atoms with E-state index in [9.17, 15) is 8.42 Å². The van der Waals surface area contributed by atoms with E-state index in [0.29, 0.717) is 22.4 Å². The zero-order chi connectivity index (χ0) is 13.5. The third kappa shape index (κ3) is 2.41. The fourth-order valence-corrected chi connectivity index (χ4v) is 4.98. The Morgan fingerprint density at radius 1 is 1.05 bits per heavy atom. The van der Waals surface area contributed by atoms with Gasteiger partial charge in [-0.3, -0.25) is 0 Å². The normalized spacial score (nSPS) is 25.4. The molecule has 1 aliphatic carbocycles. The summed E-state index contributed by atoms with van der Waals surface area (Å²) in [4.78, 5) is 0.364. The van der Waals surface area contributed by atoms with Gasteiger partial charge in [0.05, 0.1) is 4.90 Å². The molecule has 0 radical (unpaired) electrons. The maximum atomic E-state index is 12.7. The molecule has 1 aliphatic heterocycles. The fraction of sp³-hybridized carbons (Fsp3) is 0.571. The minimum atomic E-state index is -3.35. The first-order valence-electron chi connectivity index (χ1n) is 6.86. The Kier molecular flexibility index (Phi) is 3.58. The molecule has 1 unspecified atom stereocenters. The van der Waals surface area contributed by atoms with Crippen LogP contribution in [0.1, 0.15) is 32.1 Å². The molecule has 1 heterocycles. The molecule has 0 amide bonds. The Bertz CT molecular complexity index is 551. The van der Waals surface area contributed by atoms with Crippen LogP contribution in [-0.2, 0) is 10.0 Å². The first-order chi connectivity index (χ1) is 9.09. The largest absolute Gasteiger partial charge is 0.243 e. The van der Waals surface area contributed by atoms with Crippen LogP contribution >= 0.6 is 11.6 Å². The van der Waals surface area contributed by atoms with Crippen molar-refractivity contribution < 1.29 is 8.42 Å². The molecule has 0 spiro atoms. The van der Waals surface area contributed by atoms with Crippen LogP contribution in [-0.4, -0.2) is 25.3 Å². The standard InChI is InChI=1S/C14H18ClNO2S/c15-12-6-8-13(9-7-12)19(17,18)16-10-2-5-14(16)11-3-1-4-11/h6-9,11,14H,1-5,10H2. The van der Waals surface area contributed by atoms with E-state index in [1.165, 1.54) is 19.3 Å². The van der Waals surface area contributed by atoms with Crippen LogP contribution < -0.4 is 0 Å². The molecule has 2 fully saturated rings. The highest BCUT2D eigenvalue weighted by atomic mass is 35.5. The molecule has 19 heavy (non-hydrogen) atoms. The van der Waals surface area contributed by atoms with Crippen LogP contribution in [0.25, 0.3) is 0 Å². The van der Waals surface area contributed by atoms with E-state index in [-0.39, 0.29) is 6.04 Å². The predicted octanol–water partition coefficient (Wildman–Crippen LogP) is 3.29. The van der Waals surface area contributed by atoms with Crippen molar-refractivity contribution in [2.45, 2.75) is 43.0 Å². The van der Waals surface area contributed by atoms with Crippen molar-refractivity contribution in [2.24, 2.45) is 5.92 Å². The van der Waals surface area contributed by atoms with Gasteiger partial charge in [-0.1, -0.05) is 18.0 Å². The van der Waals surface area contributed by atoms with Crippen LogP contribution in [0, 0.1) is 5.92 Å². The summed E-state index contributed by atoms with van der Waals surface area (Å²) in [6, 6.07) is 6.71. The van der Waals surface area contributed by atoms with Crippen molar-refractivity contribution in [2.75, 3.05) is 6.54 Å². The van der Waals surface area contributed by atoms with Crippen LogP contribution in [0.2, 0.25) is 5.02 Å². The summed E-state index contributed by atoms with van der Waals surface area (Å²) in [5, 5.41) is 0.566. The molecule has 1 aromatic rings. The van der Waals surface area contributed by atoms with Gasteiger partial charge in [0, 0.05) is 17.6 Å². The predicted molar refractivity (Wildman–Crippen MR) is 75.7 cm³/mol. The average molecular weight is 300 g/mol. The van der Waals surface area contributed by atoms with Crippen molar-refractivity contribution in [3.05, 3.63) is 29.3 Å². The highest BCUT2D eigenvalue weighted by Gasteiger charge is 2.41. The van der Waals surface area contributed by atoms with Crippen LogP contribution in [0.15, 0.2) is 29.2 Å². The van der Waals surface area contributed by atoms with Crippen molar-refractivity contribution in [1.82, 2.24) is 4.31 Å². The number of hydrogen-bond donors (Lipinski definition) is 0. The third-order valence-electron chi connectivity index (χ3n) is 4.36. The summed E-state index contributed by atoms with van der Waals surface area (Å²) in [6.07, 6.45) is 5.59. The highest BCUT2D eigenvalue weighted by molar-refractivity contribution is 7.89. The van der Waals surface area contributed by atoms with Gasteiger partial charge < -0.3 is 0 Å². The molecule has 0 bridgehead atoms. The Labute approximate surface area is 119 Å². The van der Waals surface area contributed by atoms with Crippen LogP contribution in [0.5, 0.6) is 0 Å². The first-order valence-corrected chi connectivity index (χ1v) is 8.68. The summed E-state index contributed by atoms with van der Waals surface area (Å²) in [7, 11) is -3.35. The third-order valence-corrected chi connectivity index (χ3v) is 6.55. The Balaban J connectivity index is 1.88. The minimum Gasteiger partial charge on any atom is -0.207 e. The van der Waals surface area contributed by atoms with Crippen LogP contribution in [0.3, 0.4) is 0 Å². The van der Waals surface area contributed by atoms with Gasteiger partial charge in [-0.2, -0.15) is 4.31 Å². The van der Waals surface area contributed by atoms with Gasteiger partial charge >= 0.3 is 0 Å². The van der Waals surface area contributed by atoms with E-state index < -0.39 is 10.0 Å². The molecule has 1 aromatic carbocycles. The topological polar surface area (TPSA) is 37.4 Å². The second-order valence-corrected chi connectivity index (χ2v) is 7.80. The molecule has 0 aromatic heterocycles. The van der Waals surface area contributed by atoms with Gasteiger partial charge in [0.2, 0.25) is 10.0 Å². The lowest BCUT2D eigenvalue weighted by Crippen LogP contribution is -2.42. The molecular formula is C14H18ClNO2S. The summed E-state index contributed by atoms with van der Waals surface area (Å²) in [5.74, 6) is 0.574. The maximum absolute atomic E-state index is 12.7. The van der Waals surface area contributed by atoms with E-state index in [0.717, 1.165) is 12.8 Å². The summed E-state index contributed by atoms with van der Waals surface area (Å²) in [5.41, 5.74) is 0. The molecule has 3 rings (SSSR count). The van der Waals surface area contributed by atoms with Gasteiger partial charge in [0.1, 0.15) is 0 Å². The van der Waals surface area contributed by atoms with Crippen molar-refractivity contribution >= 4 is 21.6 Å². The quantitative estimate of drug-likeness (QED) is 0.859. The lowest BCUT2D eigenvalue weighted by Gasteiger charge is -2.36. The van der Waals surface area contributed by atoms with E-state index in [4.69, 9.17) is 11.6 Å². The fourth-order valence-electron chi connectivity index (χ4n) is 3.10. The smallest absolute Gasteiger partial charge is 0.207 e. The summed E-state index contributed by atoms with van der Waals surface area (Å²) >= 11 is 5.82. The van der Waals surface area contributed by atoms with Crippen molar-refractivity contribution in [3.63, 3.8) is 0 Å². The molecule has 1 atom stereocenters. The highest BCUT2D eigenvalue weighted by Crippen LogP contribution is 2.39. The zero-order valence-electron chi connectivity index (χ0n) is 10.8. The van der Waals surface area contributed by atoms with Crippen molar-refractivity contribution in [3.8, 4) is 0 Å². The number of benzene rings is 1. The molecular weight excluding hydrogens is 282 g/mol. The first kappa shape index (κ1) is 13.4. The van der Waals surface area contributed by atoms with E-state index >= 15 is 0 Å². The second kappa shape index (κ2) is 5.08. The lowest BCUT2D eigenvalue weighted by molar-refractivity contribution is 0.191. The maximum Gasteiger partial charge on any atom is 0.243 e. The molecule has 1 saturated carbocycles. The number of rotatable bonds is 3. The number of halogens is 1. The van der Waals surface area contributed by atoms with Crippen LogP contribution in [0.4, 0.5) is 0 Å².